The predicted molar refractivity (Wildman–Crippen MR) is 44.4 cm³/mol. The number of nitrogens with zero attached hydrogens (tertiary/aromatic N) is 3. The molecule has 0 saturated carbocycles. The third-order valence-electron chi connectivity index (χ3n) is 1.21. The summed E-state index contributed by atoms with van der Waals surface area (Å²) in [7, 11) is 1.61. The molecule has 0 aliphatic rings. The summed E-state index contributed by atoms with van der Waals surface area (Å²) in [5, 5.41) is 8.04. The van der Waals surface area contributed by atoms with Gasteiger partial charge < -0.3 is 0 Å². The maximum Gasteiger partial charge on any atom is 0.176 e. The molecule has 0 radical (unpaired) electrons. The van der Waals surface area contributed by atoms with Crippen molar-refractivity contribution >= 4 is 17.4 Å². The second kappa shape index (κ2) is 3.44. The van der Waals surface area contributed by atoms with Crippen molar-refractivity contribution in [1.29, 1.82) is 0 Å². The van der Waals surface area contributed by atoms with E-state index >= 15 is 0 Å². The van der Waals surface area contributed by atoms with Crippen molar-refractivity contribution in [3.05, 3.63) is 22.8 Å². The summed E-state index contributed by atoms with van der Waals surface area (Å²) < 4.78 is 0. The Labute approximate surface area is 70.1 Å². The smallest absolute Gasteiger partial charge is 0.176 e. The summed E-state index contributed by atoms with van der Waals surface area (Å²) in [4.78, 5) is 3.98. The zero-order chi connectivity index (χ0) is 8.27. The molecule has 0 bridgehead atoms. The van der Waals surface area contributed by atoms with Gasteiger partial charge in [0.05, 0.1) is 5.02 Å². The fraction of sp³-hybridized carbons (Fsp3) is 0.286. The highest BCUT2D eigenvalue weighted by molar-refractivity contribution is 6.30. The van der Waals surface area contributed by atoms with Crippen molar-refractivity contribution in [2.24, 2.45) is 10.2 Å². The molecule has 0 N–H and O–H groups in total. The van der Waals surface area contributed by atoms with E-state index in [1.165, 1.54) is 0 Å². The van der Waals surface area contributed by atoms with E-state index in [0.717, 1.165) is 5.56 Å². The maximum atomic E-state index is 5.68. The largest absolute Gasteiger partial charge is 0.234 e. The summed E-state index contributed by atoms with van der Waals surface area (Å²) in [6.45, 7) is 1.89. The molecular weight excluding hydrogens is 162 g/mol. The van der Waals surface area contributed by atoms with E-state index in [-0.39, 0.29) is 0 Å². The van der Waals surface area contributed by atoms with Crippen LogP contribution in [0.15, 0.2) is 22.5 Å². The quantitative estimate of drug-likeness (QED) is 0.596. The molecule has 58 valence electrons. The minimum absolute atomic E-state index is 0.622. The standard InChI is InChI=1S/C7H8ClN3/c1-5-3-6(8)4-10-7(5)11-9-2/h3-4H,1-2H3/b11-9-. The fourth-order valence-electron chi connectivity index (χ4n) is 0.733. The number of azo groups is 1. The zero-order valence-corrected chi connectivity index (χ0v) is 7.13. The summed E-state index contributed by atoms with van der Waals surface area (Å²) in [6, 6.07) is 1.80. The minimum Gasteiger partial charge on any atom is -0.234 e. The van der Waals surface area contributed by atoms with E-state index in [4.69, 9.17) is 11.6 Å². The summed E-state index contributed by atoms with van der Waals surface area (Å²) in [5.74, 6) is 0.622. The molecular formula is C7H8ClN3. The number of halogens is 1. The first-order valence-electron chi connectivity index (χ1n) is 3.16. The van der Waals surface area contributed by atoms with Crippen molar-refractivity contribution < 1.29 is 0 Å². The molecule has 0 spiro atoms. The predicted octanol–water partition coefficient (Wildman–Crippen LogP) is 2.76. The highest BCUT2D eigenvalue weighted by atomic mass is 35.5. The first-order chi connectivity index (χ1) is 5.24. The average Bonchev–Trinajstić information content (AvgIpc) is 1.95. The van der Waals surface area contributed by atoms with E-state index in [1.807, 2.05) is 6.92 Å². The molecule has 4 heteroatoms. The highest BCUT2D eigenvalue weighted by Gasteiger charge is 1.97. The lowest BCUT2D eigenvalue weighted by molar-refractivity contribution is 1.09. The van der Waals surface area contributed by atoms with Gasteiger partial charge in [-0.25, -0.2) is 4.98 Å². The number of rotatable bonds is 1. The molecule has 1 heterocycles. The molecule has 1 aromatic rings. The monoisotopic (exact) mass is 169 g/mol. The van der Waals surface area contributed by atoms with Crippen molar-refractivity contribution in [1.82, 2.24) is 4.98 Å². The molecule has 0 unspecified atom stereocenters. The lowest BCUT2D eigenvalue weighted by Gasteiger charge is -1.96. The number of hydrogen-bond donors (Lipinski definition) is 0. The zero-order valence-electron chi connectivity index (χ0n) is 6.37. The van der Waals surface area contributed by atoms with Crippen LogP contribution >= 0.6 is 11.6 Å². The Hall–Kier alpha value is -0.960. The average molecular weight is 170 g/mol. The number of hydrogen-bond acceptors (Lipinski definition) is 3. The van der Waals surface area contributed by atoms with Gasteiger partial charge in [-0.15, -0.1) is 5.11 Å². The van der Waals surface area contributed by atoms with Crippen LogP contribution in [-0.2, 0) is 0 Å². The van der Waals surface area contributed by atoms with Crippen LogP contribution in [0.3, 0.4) is 0 Å². The van der Waals surface area contributed by atoms with Gasteiger partial charge in [-0.2, -0.15) is 5.11 Å². The van der Waals surface area contributed by atoms with E-state index in [1.54, 1.807) is 19.3 Å². The van der Waals surface area contributed by atoms with Crippen LogP contribution in [0.4, 0.5) is 5.82 Å². The highest BCUT2D eigenvalue weighted by Crippen LogP contribution is 2.18. The van der Waals surface area contributed by atoms with Gasteiger partial charge >= 0.3 is 0 Å². The lowest BCUT2D eigenvalue weighted by Crippen LogP contribution is -1.78. The van der Waals surface area contributed by atoms with Gasteiger partial charge in [-0.1, -0.05) is 11.6 Å². The second-order valence-electron chi connectivity index (χ2n) is 2.09. The van der Waals surface area contributed by atoms with Gasteiger partial charge in [0.2, 0.25) is 0 Å². The summed E-state index contributed by atoms with van der Waals surface area (Å²) in [5.41, 5.74) is 0.933. The van der Waals surface area contributed by atoms with Gasteiger partial charge in [0, 0.05) is 13.2 Å². The minimum atomic E-state index is 0.622. The third-order valence-corrected chi connectivity index (χ3v) is 1.42. The fourth-order valence-corrected chi connectivity index (χ4v) is 0.945. The first kappa shape index (κ1) is 8.14. The Morgan fingerprint density at radius 3 is 2.82 bits per heavy atom. The summed E-state index contributed by atoms with van der Waals surface area (Å²) >= 11 is 5.68. The molecule has 0 amide bonds. The molecule has 1 aromatic heterocycles. The maximum absolute atomic E-state index is 5.68. The lowest BCUT2D eigenvalue weighted by atomic mass is 10.3. The molecule has 1 rings (SSSR count). The van der Waals surface area contributed by atoms with Crippen LogP contribution in [0, 0.1) is 6.92 Å². The van der Waals surface area contributed by atoms with Gasteiger partial charge in [0.25, 0.3) is 0 Å². The van der Waals surface area contributed by atoms with Gasteiger partial charge in [0.15, 0.2) is 5.82 Å². The van der Waals surface area contributed by atoms with E-state index in [0.29, 0.717) is 10.8 Å². The molecule has 0 saturated heterocycles. The Balaban J connectivity index is 3.09. The topological polar surface area (TPSA) is 37.6 Å². The Bertz CT molecular complexity index is 283. The van der Waals surface area contributed by atoms with Gasteiger partial charge in [-0.3, -0.25) is 0 Å². The van der Waals surface area contributed by atoms with E-state index in [2.05, 4.69) is 15.2 Å². The first-order valence-corrected chi connectivity index (χ1v) is 3.54. The number of aryl methyl sites for hydroxylation is 1. The molecule has 0 aromatic carbocycles. The van der Waals surface area contributed by atoms with E-state index < -0.39 is 0 Å². The third kappa shape index (κ3) is 1.98. The SMILES string of the molecule is C/N=N\c1ncc(Cl)cc1C. The van der Waals surface area contributed by atoms with Crippen LogP contribution < -0.4 is 0 Å². The summed E-state index contributed by atoms with van der Waals surface area (Å²) in [6.07, 6.45) is 1.55. The molecule has 0 fully saturated rings. The van der Waals surface area contributed by atoms with Crippen LogP contribution in [0.25, 0.3) is 0 Å². The van der Waals surface area contributed by atoms with Crippen LogP contribution in [-0.4, -0.2) is 12.0 Å². The molecule has 0 aliphatic carbocycles. The molecule has 3 nitrogen and oxygen atoms in total. The van der Waals surface area contributed by atoms with Crippen LogP contribution in [0.2, 0.25) is 5.02 Å². The van der Waals surface area contributed by atoms with E-state index in [9.17, 15) is 0 Å². The van der Waals surface area contributed by atoms with Crippen molar-refractivity contribution in [2.45, 2.75) is 6.92 Å². The molecule has 11 heavy (non-hydrogen) atoms. The van der Waals surface area contributed by atoms with Gasteiger partial charge in [-0.05, 0) is 18.6 Å². The normalized spacial score (nSPS) is 10.8. The Morgan fingerprint density at radius 2 is 2.27 bits per heavy atom. The Kier molecular flexibility index (Phi) is 2.54. The van der Waals surface area contributed by atoms with Crippen molar-refractivity contribution in [3.8, 4) is 0 Å². The second-order valence-corrected chi connectivity index (χ2v) is 2.53. The number of aromatic nitrogens is 1. The van der Waals surface area contributed by atoms with Gasteiger partial charge in [0.1, 0.15) is 0 Å². The molecule has 0 atom stereocenters. The Morgan fingerprint density at radius 1 is 1.55 bits per heavy atom. The van der Waals surface area contributed by atoms with Crippen molar-refractivity contribution in [2.75, 3.05) is 7.05 Å². The van der Waals surface area contributed by atoms with Crippen LogP contribution in [0.5, 0.6) is 0 Å². The van der Waals surface area contributed by atoms with Crippen molar-refractivity contribution in [3.63, 3.8) is 0 Å². The number of pyridine rings is 1. The molecule has 0 aliphatic heterocycles. The van der Waals surface area contributed by atoms with Crippen LogP contribution in [0.1, 0.15) is 5.56 Å².